The number of aromatic nitrogens is 2. The summed E-state index contributed by atoms with van der Waals surface area (Å²) in [5.74, 6) is 2.80. The molecule has 112 valence electrons. The molecule has 0 amide bonds. The molecule has 0 atom stereocenters. The second kappa shape index (κ2) is 6.42. The molecule has 1 aliphatic rings. The maximum atomic E-state index is 6.08. The lowest BCUT2D eigenvalue weighted by atomic mass is 10.1. The van der Waals surface area contributed by atoms with E-state index in [1.165, 1.54) is 38.5 Å². The van der Waals surface area contributed by atoms with Crippen molar-refractivity contribution in [1.82, 2.24) is 9.97 Å². The molecule has 0 aliphatic heterocycles. The lowest BCUT2D eigenvalue weighted by Gasteiger charge is -2.30. The summed E-state index contributed by atoms with van der Waals surface area (Å²) in [4.78, 5) is 11.5. The monoisotopic (exact) mass is 276 g/mol. The van der Waals surface area contributed by atoms with E-state index in [0.29, 0.717) is 17.8 Å². The van der Waals surface area contributed by atoms with Crippen LogP contribution in [-0.4, -0.2) is 23.1 Å². The summed E-state index contributed by atoms with van der Waals surface area (Å²) in [6.07, 6.45) is 7.91. The molecule has 0 aromatic carbocycles. The number of nitrogens with zero attached hydrogens (tertiary/aromatic N) is 3. The molecule has 1 fully saturated rings. The van der Waals surface area contributed by atoms with E-state index in [-0.39, 0.29) is 0 Å². The summed E-state index contributed by atoms with van der Waals surface area (Å²) in [7, 11) is 2.16. The van der Waals surface area contributed by atoms with Gasteiger partial charge >= 0.3 is 0 Å². The first kappa shape index (κ1) is 15.1. The normalized spacial score (nSPS) is 17.2. The SMILES string of the molecule is Cc1c(N)nc(C(C)C)nc1N(C)C1CCCCCC1. The van der Waals surface area contributed by atoms with Gasteiger partial charge in [0.05, 0.1) is 0 Å². The van der Waals surface area contributed by atoms with E-state index in [0.717, 1.165) is 17.2 Å². The third-order valence-electron chi connectivity index (χ3n) is 4.40. The number of hydrogen-bond donors (Lipinski definition) is 1. The Hall–Kier alpha value is -1.32. The molecule has 0 saturated heterocycles. The third-order valence-corrected chi connectivity index (χ3v) is 4.40. The molecule has 2 rings (SSSR count). The quantitative estimate of drug-likeness (QED) is 0.856. The van der Waals surface area contributed by atoms with Crippen molar-refractivity contribution in [1.29, 1.82) is 0 Å². The van der Waals surface area contributed by atoms with E-state index < -0.39 is 0 Å². The Balaban J connectivity index is 2.29. The van der Waals surface area contributed by atoms with Crippen LogP contribution in [-0.2, 0) is 0 Å². The maximum absolute atomic E-state index is 6.08. The Bertz CT molecular complexity index is 448. The van der Waals surface area contributed by atoms with Gasteiger partial charge in [-0.3, -0.25) is 0 Å². The predicted molar refractivity (Wildman–Crippen MR) is 85.2 cm³/mol. The molecule has 0 spiro atoms. The summed E-state index contributed by atoms with van der Waals surface area (Å²) in [5.41, 5.74) is 7.09. The molecule has 0 bridgehead atoms. The lowest BCUT2D eigenvalue weighted by Crippen LogP contribution is -2.33. The summed E-state index contributed by atoms with van der Waals surface area (Å²) < 4.78 is 0. The van der Waals surface area contributed by atoms with Crippen molar-refractivity contribution in [3.63, 3.8) is 0 Å². The van der Waals surface area contributed by atoms with Crippen LogP contribution >= 0.6 is 0 Å². The fourth-order valence-electron chi connectivity index (χ4n) is 2.96. The molecule has 4 heteroatoms. The molecule has 1 aromatic heterocycles. The van der Waals surface area contributed by atoms with Crippen LogP contribution in [0.5, 0.6) is 0 Å². The molecule has 20 heavy (non-hydrogen) atoms. The highest BCUT2D eigenvalue weighted by Gasteiger charge is 2.21. The highest BCUT2D eigenvalue weighted by molar-refractivity contribution is 5.56. The van der Waals surface area contributed by atoms with Crippen molar-refractivity contribution in [2.24, 2.45) is 0 Å². The second-order valence-electron chi connectivity index (χ2n) is 6.33. The van der Waals surface area contributed by atoms with Gasteiger partial charge in [0.25, 0.3) is 0 Å². The van der Waals surface area contributed by atoms with E-state index in [1.54, 1.807) is 0 Å². The molecular weight excluding hydrogens is 248 g/mol. The van der Waals surface area contributed by atoms with Gasteiger partial charge in [0, 0.05) is 24.6 Å². The first-order valence-electron chi connectivity index (χ1n) is 7.87. The number of nitrogen functional groups attached to an aromatic ring is 1. The fraction of sp³-hybridized carbons (Fsp3) is 0.750. The molecule has 1 heterocycles. The lowest BCUT2D eigenvalue weighted by molar-refractivity contribution is 0.546. The summed E-state index contributed by atoms with van der Waals surface area (Å²) in [6, 6.07) is 0.588. The van der Waals surface area contributed by atoms with E-state index in [4.69, 9.17) is 10.7 Å². The Morgan fingerprint density at radius 2 is 1.70 bits per heavy atom. The van der Waals surface area contributed by atoms with Crippen LogP contribution in [0, 0.1) is 6.92 Å². The van der Waals surface area contributed by atoms with Gasteiger partial charge in [-0.25, -0.2) is 9.97 Å². The van der Waals surface area contributed by atoms with E-state index in [2.05, 4.69) is 30.8 Å². The van der Waals surface area contributed by atoms with E-state index in [1.807, 2.05) is 6.92 Å². The fourth-order valence-corrected chi connectivity index (χ4v) is 2.96. The van der Waals surface area contributed by atoms with Gasteiger partial charge in [0.2, 0.25) is 0 Å². The van der Waals surface area contributed by atoms with Crippen LogP contribution in [0.15, 0.2) is 0 Å². The van der Waals surface area contributed by atoms with E-state index in [9.17, 15) is 0 Å². The van der Waals surface area contributed by atoms with Crippen LogP contribution in [0.25, 0.3) is 0 Å². The second-order valence-corrected chi connectivity index (χ2v) is 6.33. The zero-order valence-corrected chi connectivity index (χ0v) is 13.3. The molecule has 2 N–H and O–H groups in total. The largest absolute Gasteiger partial charge is 0.383 e. The van der Waals surface area contributed by atoms with Crippen LogP contribution in [0.2, 0.25) is 0 Å². The summed E-state index contributed by atoms with van der Waals surface area (Å²) in [5, 5.41) is 0. The average Bonchev–Trinajstić information content (AvgIpc) is 2.69. The van der Waals surface area contributed by atoms with Crippen LogP contribution in [0.1, 0.15) is 69.7 Å². The van der Waals surface area contributed by atoms with Crippen molar-refractivity contribution in [3.05, 3.63) is 11.4 Å². The van der Waals surface area contributed by atoms with Gasteiger partial charge in [-0.2, -0.15) is 0 Å². The number of nitrogens with two attached hydrogens (primary N) is 1. The number of anilines is 2. The molecule has 1 aliphatic carbocycles. The molecule has 1 saturated carbocycles. The Morgan fingerprint density at radius 3 is 2.25 bits per heavy atom. The minimum Gasteiger partial charge on any atom is -0.383 e. The van der Waals surface area contributed by atoms with Gasteiger partial charge in [-0.15, -0.1) is 0 Å². The van der Waals surface area contributed by atoms with Crippen LogP contribution < -0.4 is 10.6 Å². The van der Waals surface area contributed by atoms with E-state index >= 15 is 0 Å². The summed E-state index contributed by atoms with van der Waals surface area (Å²) >= 11 is 0. The molecule has 0 radical (unpaired) electrons. The van der Waals surface area contributed by atoms with Crippen molar-refractivity contribution < 1.29 is 0 Å². The van der Waals surface area contributed by atoms with Crippen molar-refractivity contribution in [3.8, 4) is 0 Å². The van der Waals surface area contributed by atoms with Gasteiger partial charge in [0.1, 0.15) is 17.5 Å². The molecule has 4 nitrogen and oxygen atoms in total. The average molecular weight is 276 g/mol. The minimum absolute atomic E-state index is 0.305. The van der Waals surface area contributed by atoms with Crippen LogP contribution in [0.4, 0.5) is 11.6 Å². The molecule has 1 aromatic rings. The van der Waals surface area contributed by atoms with Gasteiger partial charge in [-0.1, -0.05) is 39.5 Å². The topological polar surface area (TPSA) is 55.0 Å². The number of rotatable bonds is 3. The third kappa shape index (κ3) is 3.22. The Morgan fingerprint density at radius 1 is 1.10 bits per heavy atom. The summed E-state index contributed by atoms with van der Waals surface area (Å²) in [6.45, 7) is 6.25. The zero-order chi connectivity index (χ0) is 14.7. The van der Waals surface area contributed by atoms with Crippen molar-refractivity contribution in [2.45, 2.75) is 71.3 Å². The molecule has 0 unspecified atom stereocenters. The first-order valence-corrected chi connectivity index (χ1v) is 7.87. The molecular formula is C16H28N4. The van der Waals surface area contributed by atoms with Crippen molar-refractivity contribution >= 4 is 11.6 Å². The maximum Gasteiger partial charge on any atom is 0.137 e. The van der Waals surface area contributed by atoms with Gasteiger partial charge in [0.15, 0.2) is 0 Å². The Kier molecular flexibility index (Phi) is 4.84. The predicted octanol–water partition coefficient (Wildman–Crippen LogP) is 3.65. The standard InChI is InChI=1S/C16H28N4/c1-11(2)15-18-14(17)12(3)16(19-15)20(4)13-9-7-5-6-8-10-13/h11,13H,5-10H2,1-4H3,(H2,17,18,19). The Labute approximate surface area is 122 Å². The number of hydrogen-bond acceptors (Lipinski definition) is 4. The van der Waals surface area contributed by atoms with Crippen LogP contribution in [0.3, 0.4) is 0 Å². The zero-order valence-electron chi connectivity index (χ0n) is 13.3. The highest BCUT2D eigenvalue weighted by atomic mass is 15.2. The highest BCUT2D eigenvalue weighted by Crippen LogP contribution is 2.29. The first-order chi connectivity index (χ1) is 9.50. The van der Waals surface area contributed by atoms with Gasteiger partial charge < -0.3 is 10.6 Å². The minimum atomic E-state index is 0.305. The van der Waals surface area contributed by atoms with Crippen molar-refractivity contribution in [2.75, 3.05) is 17.7 Å². The van der Waals surface area contributed by atoms with Gasteiger partial charge in [-0.05, 0) is 19.8 Å². The smallest absolute Gasteiger partial charge is 0.137 e.